The monoisotopic (exact) mass is 326 g/mol. The summed E-state index contributed by atoms with van der Waals surface area (Å²) in [6, 6.07) is 0. The first-order valence-corrected chi connectivity index (χ1v) is 9.07. The van der Waals surface area contributed by atoms with E-state index in [9.17, 15) is 4.79 Å². The van der Waals surface area contributed by atoms with E-state index in [1.807, 2.05) is 13.8 Å². The number of hydrogen-bond donors (Lipinski definition) is 2. The second-order valence-corrected chi connectivity index (χ2v) is 6.84. The molecule has 0 radical (unpaired) electrons. The Morgan fingerprint density at radius 2 is 2.23 bits per heavy atom. The average Bonchev–Trinajstić information content (AvgIpc) is 3.15. The van der Waals surface area contributed by atoms with Crippen LogP contribution in [0.1, 0.15) is 57.7 Å². The van der Waals surface area contributed by atoms with Crippen LogP contribution in [0.3, 0.4) is 0 Å². The molecule has 1 aliphatic rings. The van der Waals surface area contributed by atoms with Gasteiger partial charge in [0.1, 0.15) is 5.82 Å². The van der Waals surface area contributed by atoms with Crippen LogP contribution in [0.15, 0.2) is 5.16 Å². The van der Waals surface area contributed by atoms with Gasteiger partial charge in [0.05, 0.1) is 11.9 Å². The van der Waals surface area contributed by atoms with Gasteiger partial charge in [-0.1, -0.05) is 24.6 Å². The lowest BCUT2D eigenvalue weighted by atomic mass is 10.1. The van der Waals surface area contributed by atoms with Crippen molar-refractivity contribution in [3.05, 3.63) is 5.82 Å². The van der Waals surface area contributed by atoms with E-state index >= 15 is 0 Å². The van der Waals surface area contributed by atoms with Crippen LogP contribution >= 0.6 is 11.8 Å². The first-order valence-electron chi connectivity index (χ1n) is 8.08. The van der Waals surface area contributed by atoms with E-state index in [0.29, 0.717) is 30.0 Å². The van der Waals surface area contributed by atoms with Crippen molar-refractivity contribution in [2.75, 3.05) is 18.9 Å². The van der Waals surface area contributed by atoms with E-state index in [2.05, 4.69) is 20.5 Å². The molecule has 0 bridgehead atoms. The van der Waals surface area contributed by atoms with Crippen molar-refractivity contribution >= 4 is 17.7 Å². The number of hydrogen-bond acceptors (Lipinski definition) is 5. The molecule has 1 aromatic heterocycles. The number of thioether (sulfide) groups is 1. The molecule has 6 nitrogen and oxygen atoms in total. The maximum absolute atomic E-state index is 11.7. The second kappa shape index (κ2) is 9.15. The molecule has 124 valence electrons. The van der Waals surface area contributed by atoms with E-state index in [4.69, 9.17) is 4.74 Å². The lowest BCUT2D eigenvalue weighted by molar-refractivity contribution is -0.118. The van der Waals surface area contributed by atoms with Crippen LogP contribution in [0.2, 0.25) is 0 Å². The van der Waals surface area contributed by atoms with Gasteiger partial charge in [0.25, 0.3) is 0 Å². The zero-order valence-corrected chi connectivity index (χ0v) is 14.2. The molecule has 1 saturated carbocycles. The molecule has 2 rings (SSSR count). The number of nitrogens with zero attached hydrogens (tertiary/aromatic N) is 2. The largest absolute Gasteiger partial charge is 0.379 e. The van der Waals surface area contributed by atoms with Gasteiger partial charge in [-0.2, -0.15) is 0 Å². The Bertz CT molecular complexity index is 458. The normalized spacial score (nSPS) is 15.6. The maximum Gasteiger partial charge on any atom is 0.230 e. The van der Waals surface area contributed by atoms with Gasteiger partial charge in [-0.25, -0.2) is 4.98 Å². The first-order chi connectivity index (χ1) is 10.6. The highest BCUT2D eigenvalue weighted by Gasteiger charge is 2.20. The van der Waals surface area contributed by atoms with Crippen molar-refractivity contribution < 1.29 is 9.53 Å². The third-order valence-corrected chi connectivity index (χ3v) is 4.50. The molecule has 2 N–H and O–H groups in total. The molecule has 7 heteroatoms. The van der Waals surface area contributed by atoms with Crippen LogP contribution in [0.5, 0.6) is 0 Å². The minimum atomic E-state index is 0.0155. The number of rotatable bonds is 9. The predicted molar refractivity (Wildman–Crippen MR) is 87.0 cm³/mol. The minimum Gasteiger partial charge on any atom is -0.379 e. The van der Waals surface area contributed by atoms with E-state index in [1.54, 1.807) is 0 Å². The molecule has 0 aromatic carbocycles. The quantitative estimate of drug-likeness (QED) is 0.538. The van der Waals surface area contributed by atoms with Crippen LogP contribution in [0, 0.1) is 0 Å². The highest BCUT2D eigenvalue weighted by atomic mass is 32.2. The molecule has 0 atom stereocenters. The Labute approximate surface area is 136 Å². The maximum atomic E-state index is 11.7. The summed E-state index contributed by atoms with van der Waals surface area (Å²) in [5, 5.41) is 10.8. The summed E-state index contributed by atoms with van der Waals surface area (Å²) in [7, 11) is 0. The van der Waals surface area contributed by atoms with Crippen molar-refractivity contribution in [2.45, 2.75) is 63.1 Å². The van der Waals surface area contributed by atoms with Gasteiger partial charge in [-0.05, 0) is 33.1 Å². The van der Waals surface area contributed by atoms with Gasteiger partial charge >= 0.3 is 0 Å². The summed E-state index contributed by atoms with van der Waals surface area (Å²) >= 11 is 1.38. The summed E-state index contributed by atoms with van der Waals surface area (Å²) in [4.78, 5) is 16.2. The molecular weight excluding hydrogens is 300 g/mol. The Hall–Kier alpha value is -1.08. The Kier molecular flexibility index (Phi) is 7.18. The highest BCUT2D eigenvalue weighted by molar-refractivity contribution is 7.99. The van der Waals surface area contributed by atoms with Gasteiger partial charge in [0.2, 0.25) is 11.1 Å². The van der Waals surface area contributed by atoms with Crippen LogP contribution in [-0.4, -0.2) is 46.1 Å². The SMILES string of the molecule is CC(C)OCCCNC(=O)CSc1n[nH]c(C2CCCC2)n1. The number of aromatic nitrogens is 3. The number of ether oxygens (including phenoxy) is 1. The number of aromatic amines is 1. The summed E-state index contributed by atoms with van der Waals surface area (Å²) in [5.41, 5.74) is 0. The van der Waals surface area contributed by atoms with Crippen molar-refractivity contribution in [1.29, 1.82) is 0 Å². The topological polar surface area (TPSA) is 79.9 Å². The third kappa shape index (κ3) is 5.96. The fraction of sp³-hybridized carbons (Fsp3) is 0.800. The Balaban J connectivity index is 1.60. The van der Waals surface area contributed by atoms with Crippen molar-refractivity contribution in [2.24, 2.45) is 0 Å². The predicted octanol–water partition coefficient (Wildman–Crippen LogP) is 2.49. The van der Waals surface area contributed by atoms with E-state index in [-0.39, 0.29) is 12.0 Å². The standard InChI is InChI=1S/C15H26N4O2S/c1-11(2)21-9-5-8-16-13(20)10-22-15-17-14(18-19-15)12-6-3-4-7-12/h11-12H,3-10H2,1-2H3,(H,16,20)(H,17,18,19). The van der Waals surface area contributed by atoms with Gasteiger partial charge in [-0.15, -0.1) is 5.10 Å². The number of carbonyl (C=O) groups excluding carboxylic acids is 1. The van der Waals surface area contributed by atoms with Crippen molar-refractivity contribution in [3.8, 4) is 0 Å². The van der Waals surface area contributed by atoms with Gasteiger partial charge in [0.15, 0.2) is 0 Å². The molecule has 1 aromatic rings. The number of H-pyrrole nitrogens is 1. The molecule has 1 heterocycles. The molecule has 22 heavy (non-hydrogen) atoms. The number of nitrogens with one attached hydrogen (secondary N) is 2. The molecule has 0 saturated heterocycles. The summed E-state index contributed by atoms with van der Waals surface area (Å²) in [6.45, 7) is 5.34. The lowest BCUT2D eigenvalue weighted by Crippen LogP contribution is -2.27. The highest BCUT2D eigenvalue weighted by Crippen LogP contribution is 2.32. The molecule has 0 unspecified atom stereocenters. The molecule has 0 spiro atoms. The first kappa shape index (κ1) is 17.3. The summed E-state index contributed by atoms with van der Waals surface area (Å²) in [6.07, 6.45) is 6.01. The van der Waals surface area contributed by atoms with Crippen LogP contribution in [0.25, 0.3) is 0 Å². The smallest absolute Gasteiger partial charge is 0.230 e. The fourth-order valence-electron chi connectivity index (χ4n) is 2.50. The van der Waals surface area contributed by atoms with Gasteiger partial charge in [0, 0.05) is 19.1 Å². The molecule has 1 fully saturated rings. The zero-order valence-electron chi connectivity index (χ0n) is 13.4. The van der Waals surface area contributed by atoms with Crippen molar-refractivity contribution in [3.63, 3.8) is 0 Å². The summed E-state index contributed by atoms with van der Waals surface area (Å²) < 4.78 is 5.42. The van der Waals surface area contributed by atoms with Gasteiger partial charge in [-0.3, -0.25) is 9.89 Å². The molecule has 0 aliphatic heterocycles. The van der Waals surface area contributed by atoms with Crippen LogP contribution in [-0.2, 0) is 9.53 Å². The second-order valence-electron chi connectivity index (χ2n) is 5.90. The Morgan fingerprint density at radius 3 is 2.95 bits per heavy atom. The van der Waals surface area contributed by atoms with Crippen LogP contribution in [0.4, 0.5) is 0 Å². The minimum absolute atomic E-state index is 0.0155. The number of carbonyl (C=O) groups is 1. The van der Waals surface area contributed by atoms with Gasteiger partial charge < -0.3 is 10.1 Å². The fourth-order valence-corrected chi connectivity index (χ4v) is 3.14. The molecular formula is C15H26N4O2S. The van der Waals surface area contributed by atoms with Crippen molar-refractivity contribution in [1.82, 2.24) is 20.5 Å². The lowest BCUT2D eigenvalue weighted by Gasteiger charge is -2.07. The van der Waals surface area contributed by atoms with E-state index < -0.39 is 0 Å². The van der Waals surface area contributed by atoms with Crippen LogP contribution < -0.4 is 5.32 Å². The molecule has 1 aliphatic carbocycles. The van der Waals surface area contributed by atoms with E-state index in [1.165, 1.54) is 37.4 Å². The Morgan fingerprint density at radius 1 is 1.45 bits per heavy atom. The molecule has 1 amide bonds. The average molecular weight is 326 g/mol. The third-order valence-electron chi connectivity index (χ3n) is 3.65. The van der Waals surface area contributed by atoms with E-state index in [0.717, 1.165) is 12.2 Å². The summed E-state index contributed by atoms with van der Waals surface area (Å²) in [5.74, 6) is 1.87. The zero-order chi connectivity index (χ0) is 15.8. The number of amides is 1.